The number of nitrogens with zero attached hydrogens (tertiary/aromatic N) is 4. The van der Waals surface area contributed by atoms with E-state index in [-0.39, 0.29) is 27.3 Å². The fraction of sp³-hybridized carbons (Fsp3) is 0.619. The van der Waals surface area contributed by atoms with Gasteiger partial charge >= 0.3 is 0 Å². The molecule has 0 aliphatic carbocycles. The monoisotopic (exact) mass is 486 g/mol. The zero-order chi connectivity index (χ0) is 23.3. The van der Waals surface area contributed by atoms with Crippen LogP contribution in [0.15, 0.2) is 23.1 Å². The van der Waals surface area contributed by atoms with Gasteiger partial charge in [0.1, 0.15) is 4.90 Å². The molecule has 1 aromatic rings. The second-order valence-corrected chi connectivity index (χ2v) is 10.4. The van der Waals surface area contributed by atoms with Crippen LogP contribution in [0.2, 0.25) is 5.02 Å². The maximum absolute atomic E-state index is 13.0. The summed E-state index contributed by atoms with van der Waals surface area (Å²) in [5, 5.41) is 0.0160. The summed E-state index contributed by atoms with van der Waals surface area (Å²) in [4.78, 5) is 35.9. The molecule has 2 heterocycles. The fourth-order valence-corrected chi connectivity index (χ4v) is 5.45. The van der Waals surface area contributed by atoms with E-state index in [1.807, 2.05) is 4.90 Å². The van der Waals surface area contributed by atoms with Crippen LogP contribution in [0, 0.1) is 0 Å². The first-order valence-electron chi connectivity index (χ1n) is 10.9. The number of carbonyl (C=O) groups is 2. The van der Waals surface area contributed by atoms with Crippen molar-refractivity contribution in [3.63, 3.8) is 0 Å². The van der Waals surface area contributed by atoms with Gasteiger partial charge in [-0.15, -0.1) is 0 Å². The molecule has 9 nitrogen and oxygen atoms in total. The molecule has 0 spiro atoms. The van der Waals surface area contributed by atoms with Crippen molar-refractivity contribution in [1.29, 1.82) is 0 Å². The normalized spacial score (nSPS) is 18.6. The minimum atomic E-state index is -3.98. The van der Waals surface area contributed by atoms with Gasteiger partial charge in [-0.05, 0) is 31.0 Å². The number of hydroxylamine groups is 1. The van der Waals surface area contributed by atoms with E-state index in [4.69, 9.17) is 16.4 Å². The third kappa shape index (κ3) is 5.79. The molecular weight excluding hydrogens is 456 g/mol. The zero-order valence-electron chi connectivity index (χ0n) is 18.6. The van der Waals surface area contributed by atoms with Crippen molar-refractivity contribution in [2.45, 2.75) is 30.6 Å². The van der Waals surface area contributed by atoms with Crippen LogP contribution in [-0.2, 0) is 19.7 Å². The molecule has 2 aliphatic rings. The van der Waals surface area contributed by atoms with Crippen LogP contribution < -0.4 is 0 Å². The lowest BCUT2D eigenvalue weighted by atomic mass is 10.2. The van der Waals surface area contributed by atoms with Gasteiger partial charge in [0, 0.05) is 51.9 Å². The lowest BCUT2D eigenvalue weighted by molar-refractivity contribution is -0.132. The Hall–Kier alpha value is -1.72. The van der Waals surface area contributed by atoms with Gasteiger partial charge in [0.05, 0.1) is 18.7 Å². The summed E-state index contributed by atoms with van der Waals surface area (Å²) < 4.78 is 25.9. The SMILES string of the molecule is CON(C)S(=O)(=O)c1cc(C(=O)N2CCN(CC(=O)N3CCCCCC3)CC2)ccc1Cl. The predicted molar refractivity (Wildman–Crippen MR) is 121 cm³/mol. The highest BCUT2D eigenvalue weighted by molar-refractivity contribution is 7.89. The predicted octanol–water partition coefficient (Wildman–Crippen LogP) is 1.68. The van der Waals surface area contributed by atoms with Crippen LogP contribution in [0.4, 0.5) is 0 Å². The molecule has 178 valence electrons. The Bertz CT molecular complexity index is 926. The van der Waals surface area contributed by atoms with E-state index in [0.717, 1.165) is 25.9 Å². The molecule has 0 aromatic heterocycles. The first kappa shape index (κ1) is 24.9. The van der Waals surface area contributed by atoms with Gasteiger partial charge < -0.3 is 9.80 Å². The Morgan fingerprint density at radius 1 is 1.00 bits per heavy atom. The molecule has 11 heteroatoms. The number of rotatable bonds is 6. The topological polar surface area (TPSA) is 90.5 Å². The minimum Gasteiger partial charge on any atom is -0.342 e. The molecule has 0 atom stereocenters. The first-order valence-corrected chi connectivity index (χ1v) is 12.7. The standard InChI is InChI=1S/C21H31ClN4O5S/c1-23(31-2)32(29,30)19-15-17(7-8-18(19)22)21(28)26-13-11-24(12-14-26)16-20(27)25-9-5-3-4-6-10-25/h7-8,15H,3-6,9-14,16H2,1-2H3. The van der Waals surface area contributed by atoms with Gasteiger partial charge in [-0.25, -0.2) is 8.42 Å². The van der Waals surface area contributed by atoms with Crippen LogP contribution in [0.1, 0.15) is 36.0 Å². The van der Waals surface area contributed by atoms with E-state index < -0.39 is 10.0 Å². The summed E-state index contributed by atoms with van der Waals surface area (Å²) in [7, 11) is -1.49. The molecule has 0 bridgehead atoms. The van der Waals surface area contributed by atoms with Crippen molar-refractivity contribution in [3.05, 3.63) is 28.8 Å². The third-order valence-corrected chi connectivity index (χ3v) is 8.19. The van der Waals surface area contributed by atoms with Gasteiger partial charge in [0.25, 0.3) is 15.9 Å². The molecule has 32 heavy (non-hydrogen) atoms. The van der Waals surface area contributed by atoms with Crippen molar-refractivity contribution in [3.8, 4) is 0 Å². The van der Waals surface area contributed by atoms with Crippen LogP contribution >= 0.6 is 11.6 Å². The Labute approximate surface area is 194 Å². The minimum absolute atomic E-state index is 0.0160. The molecule has 2 fully saturated rings. The molecule has 0 N–H and O–H groups in total. The number of hydrogen-bond donors (Lipinski definition) is 0. The maximum Gasteiger partial charge on any atom is 0.266 e. The molecule has 0 saturated carbocycles. The highest BCUT2D eigenvalue weighted by atomic mass is 35.5. The fourth-order valence-electron chi connectivity index (χ4n) is 3.97. The number of likely N-dealkylation sites (tertiary alicyclic amines) is 1. The number of halogens is 1. The van der Waals surface area contributed by atoms with Crippen molar-refractivity contribution >= 4 is 33.4 Å². The quantitative estimate of drug-likeness (QED) is 0.568. The van der Waals surface area contributed by atoms with E-state index in [1.54, 1.807) is 4.90 Å². The van der Waals surface area contributed by atoms with Gasteiger partial charge in [-0.3, -0.25) is 19.3 Å². The highest BCUT2D eigenvalue weighted by Crippen LogP contribution is 2.26. The van der Waals surface area contributed by atoms with Gasteiger partial charge in [-0.2, -0.15) is 0 Å². The number of hydrogen-bond acceptors (Lipinski definition) is 6. The lowest BCUT2D eigenvalue weighted by Crippen LogP contribution is -2.51. The molecule has 0 radical (unpaired) electrons. The molecule has 1 aromatic carbocycles. The van der Waals surface area contributed by atoms with Crippen molar-refractivity contribution in [2.24, 2.45) is 0 Å². The summed E-state index contributed by atoms with van der Waals surface area (Å²) in [5.41, 5.74) is 0.242. The average molecular weight is 487 g/mol. The number of amides is 2. The van der Waals surface area contributed by atoms with Crippen LogP contribution in [0.25, 0.3) is 0 Å². The highest BCUT2D eigenvalue weighted by Gasteiger charge is 2.28. The Morgan fingerprint density at radius 3 is 2.22 bits per heavy atom. The molecule has 2 aliphatic heterocycles. The number of piperazine rings is 1. The van der Waals surface area contributed by atoms with E-state index in [9.17, 15) is 18.0 Å². The zero-order valence-corrected chi connectivity index (χ0v) is 20.2. The molecular formula is C21H31ClN4O5S. The second-order valence-electron chi connectivity index (χ2n) is 8.11. The summed E-state index contributed by atoms with van der Waals surface area (Å²) in [6.45, 7) is 4.15. The molecule has 3 rings (SSSR count). The summed E-state index contributed by atoms with van der Waals surface area (Å²) in [6.07, 6.45) is 4.49. The molecule has 0 unspecified atom stereocenters. The Morgan fingerprint density at radius 2 is 1.62 bits per heavy atom. The molecule has 2 saturated heterocycles. The molecule has 2 amide bonds. The first-order chi connectivity index (χ1) is 15.2. The van der Waals surface area contributed by atoms with E-state index in [0.29, 0.717) is 37.2 Å². The second kappa shape index (κ2) is 10.9. The third-order valence-electron chi connectivity index (χ3n) is 6.03. The lowest BCUT2D eigenvalue weighted by Gasteiger charge is -2.35. The number of carbonyl (C=O) groups excluding carboxylic acids is 2. The maximum atomic E-state index is 13.0. The summed E-state index contributed by atoms with van der Waals surface area (Å²) in [6, 6.07) is 4.21. The van der Waals surface area contributed by atoms with Gasteiger partial charge in [0.15, 0.2) is 0 Å². The average Bonchev–Trinajstić information content (AvgIpc) is 3.08. The van der Waals surface area contributed by atoms with Gasteiger partial charge in [0.2, 0.25) is 5.91 Å². The van der Waals surface area contributed by atoms with E-state index in [2.05, 4.69) is 4.90 Å². The largest absolute Gasteiger partial charge is 0.342 e. The van der Waals surface area contributed by atoms with Crippen LogP contribution in [0.5, 0.6) is 0 Å². The van der Waals surface area contributed by atoms with Crippen LogP contribution in [0.3, 0.4) is 0 Å². The van der Waals surface area contributed by atoms with E-state index in [1.165, 1.54) is 45.2 Å². The Balaban J connectivity index is 1.61. The van der Waals surface area contributed by atoms with E-state index >= 15 is 0 Å². The van der Waals surface area contributed by atoms with Gasteiger partial charge in [-0.1, -0.05) is 28.9 Å². The van der Waals surface area contributed by atoms with Crippen molar-refractivity contribution in [2.75, 3.05) is 60.0 Å². The summed E-state index contributed by atoms with van der Waals surface area (Å²) >= 11 is 6.09. The smallest absolute Gasteiger partial charge is 0.266 e. The van der Waals surface area contributed by atoms with Crippen LogP contribution in [-0.4, -0.2) is 99.4 Å². The number of sulfonamides is 1. The van der Waals surface area contributed by atoms with Crippen molar-refractivity contribution < 1.29 is 22.8 Å². The Kier molecular flexibility index (Phi) is 8.51. The van der Waals surface area contributed by atoms with Crippen molar-refractivity contribution in [1.82, 2.24) is 19.2 Å². The summed E-state index contributed by atoms with van der Waals surface area (Å²) in [5.74, 6) is -0.113. The number of benzene rings is 1.